The van der Waals surface area contributed by atoms with Crippen molar-refractivity contribution in [3.05, 3.63) is 30.9 Å². The second kappa shape index (κ2) is 4.27. The van der Waals surface area contributed by atoms with Crippen LogP contribution in [0, 0.1) is 6.92 Å². The van der Waals surface area contributed by atoms with Crippen molar-refractivity contribution in [2.24, 2.45) is 0 Å². The zero-order valence-electron chi connectivity index (χ0n) is 6.29. The van der Waals surface area contributed by atoms with Crippen molar-refractivity contribution in [2.75, 3.05) is 7.11 Å². The minimum atomic E-state index is 0. The molecule has 10 heavy (non-hydrogen) atoms. The third-order valence-electron chi connectivity index (χ3n) is 1.07. The predicted molar refractivity (Wildman–Crippen MR) is 35.2 cm³/mol. The van der Waals surface area contributed by atoms with Crippen molar-refractivity contribution in [3.8, 4) is 5.75 Å². The molecule has 0 N–H and O–H groups in total. The summed E-state index contributed by atoms with van der Waals surface area (Å²) < 4.78 is 4.92. The summed E-state index contributed by atoms with van der Waals surface area (Å²) in [5.41, 5.74) is 0.681. The Bertz CT molecular complexity index is 203. The van der Waals surface area contributed by atoms with Crippen LogP contribution in [0.25, 0.3) is 0 Å². The van der Waals surface area contributed by atoms with Crippen LogP contribution in [-0.4, -0.2) is 12.1 Å². The average Bonchev–Trinajstić information content (AvgIpc) is 1.89. The summed E-state index contributed by atoms with van der Waals surface area (Å²) in [4.78, 5) is 3.91. The Hall–Kier alpha value is -0.583. The first-order chi connectivity index (χ1) is 4.34. The van der Waals surface area contributed by atoms with Crippen molar-refractivity contribution in [1.29, 1.82) is 0 Å². The third kappa shape index (κ3) is 1.98. The van der Waals surface area contributed by atoms with E-state index in [9.17, 15) is 0 Å². The van der Waals surface area contributed by atoms with Crippen molar-refractivity contribution in [2.45, 2.75) is 0 Å². The molecule has 0 saturated carbocycles. The third-order valence-corrected chi connectivity index (χ3v) is 1.07. The van der Waals surface area contributed by atoms with Crippen molar-refractivity contribution in [1.82, 2.24) is 4.98 Å². The molecular formula is C7H8LiNO. The summed E-state index contributed by atoms with van der Waals surface area (Å²) in [5.74, 6) is 0.734. The molecule has 0 amide bonds. The molecule has 0 radical (unpaired) electrons. The van der Waals surface area contributed by atoms with Gasteiger partial charge in [0.15, 0.2) is 0 Å². The van der Waals surface area contributed by atoms with Crippen LogP contribution in [0.4, 0.5) is 0 Å². The summed E-state index contributed by atoms with van der Waals surface area (Å²) in [7, 11) is 1.60. The summed E-state index contributed by atoms with van der Waals surface area (Å²) >= 11 is 0. The van der Waals surface area contributed by atoms with Gasteiger partial charge in [0.05, 0.1) is 7.11 Å². The average molecular weight is 129 g/mol. The molecule has 48 valence electrons. The van der Waals surface area contributed by atoms with Crippen molar-refractivity contribution >= 4 is 0 Å². The van der Waals surface area contributed by atoms with Crippen LogP contribution in [0.3, 0.4) is 0 Å². The molecule has 1 heterocycles. The Morgan fingerprint density at radius 2 is 2.30 bits per heavy atom. The molecule has 0 saturated heterocycles. The van der Waals surface area contributed by atoms with Gasteiger partial charge in [-0.1, -0.05) is 11.8 Å². The number of hydrogen-bond acceptors (Lipinski definition) is 2. The minimum absolute atomic E-state index is 0. The molecule has 0 aromatic carbocycles. The topological polar surface area (TPSA) is 22.1 Å². The first-order valence-corrected chi connectivity index (χ1v) is 2.65. The normalized spacial score (nSPS) is 8.10. The van der Waals surface area contributed by atoms with Gasteiger partial charge in [0, 0.05) is 6.20 Å². The van der Waals surface area contributed by atoms with E-state index in [0.29, 0.717) is 5.69 Å². The van der Waals surface area contributed by atoms with Gasteiger partial charge in [-0.3, -0.25) is 4.98 Å². The summed E-state index contributed by atoms with van der Waals surface area (Å²) in [6.07, 6.45) is 1.69. The first kappa shape index (κ1) is 9.42. The van der Waals surface area contributed by atoms with Crippen LogP contribution < -0.4 is 23.6 Å². The van der Waals surface area contributed by atoms with Gasteiger partial charge in [-0.05, 0) is 5.75 Å². The fourth-order valence-electron chi connectivity index (χ4n) is 0.609. The molecule has 1 aromatic rings. The van der Waals surface area contributed by atoms with Gasteiger partial charge >= 0.3 is 18.9 Å². The van der Waals surface area contributed by atoms with E-state index >= 15 is 0 Å². The van der Waals surface area contributed by atoms with Crippen LogP contribution in [0.5, 0.6) is 5.75 Å². The monoisotopic (exact) mass is 129 g/mol. The van der Waals surface area contributed by atoms with E-state index in [-0.39, 0.29) is 18.9 Å². The quantitative estimate of drug-likeness (QED) is 0.332. The van der Waals surface area contributed by atoms with Crippen LogP contribution in [-0.2, 0) is 0 Å². The van der Waals surface area contributed by atoms with Gasteiger partial charge in [0.1, 0.15) is 0 Å². The van der Waals surface area contributed by atoms with E-state index in [0.717, 1.165) is 5.75 Å². The Morgan fingerprint density at radius 1 is 1.60 bits per heavy atom. The second-order valence-corrected chi connectivity index (χ2v) is 1.65. The maximum atomic E-state index is 4.92. The Labute approximate surface area is 72.8 Å². The maximum absolute atomic E-state index is 4.92. The number of nitrogens with zero attached hydrogens (tertiary/aromatic N) is 1. The summed E-state index contributed by atoms with van der Waals surface area (Å²) in [6.45, 7) is 3.66. The number of rotatable bonds is 1. The van der Waals surface area contributed by atoms with Gasteiger partial charge in [-0.2, -0.15) is 0 Å². The molecule has 1 rings (SSSR count). The Kier molecular flexibility index (Phi) is 4.02. The molecule has 0 aliphatic heterocycles. The van der Waals surface area contributed by atoms with Crippen LogP contribution >= 0.6 is 0 Å². The van der Waals surface area contributed by atoms with Crippen molar-refractivity contribution in [3.63, 3.8) is 0 Å². The summed E-state index contributed by atoms with van der Waals surface area (Å²) in [6, 6.07) is 3.64. The molecule has 0 fully saturated rings. The number of methoxy groups -OCH3 is 1. The zero-order chi connectivity index (χ0) is 6.69. The number of aromatic nitrogens is 1. The van der Waals surface area contributed by atoms with E-state index in [2.05, 4.69) is 11.9 Å². The van der Waals surface area contributed by atoms with Crippen LogP contribution in [0.1, 0.15) is 5.69 Å². The maximum Gasteiger partial charge on any atom is 1.00 e. The molecule has 1 aromatic heterocycles. The molecule has 2 nitrogen and oxygen atoms in total. The zero-order valence-corrected chi connectivity index (χ0v) is 6.29. The Morgan fingerprint density at radius 3 is 2.70 bits per heavy atom. The summed E-state index contributed by atoms with van der Waals surface area (Å²) in [5, 5.41) is 0. The molecular weight excluding hydrogens is 121 g/mol. The van der Waals surface area contributed by atoms with E-state index in [1.54, 1.807) is 13.3 Å². The number of hydrogen-bond donors (Lipinski definition) is 0. The number of ether oxygens (including phenoxy) is 1. The van der Waals surface area contributed by atoms with E-state index < -0.39 is 0 Å². The van der Waals surface area contributed by atoms with Gasteiger partial charge in [-0.15, -0.1) is 6.07 Å². The SMILES string of the molecule is [CH2-]c1ncccc1OC.[Li+]. The van der Waals surface area contributed by atoms with Gasteiger partial charge in [0.2, 0.25) is 0 Å². The Balaban J connectivity index is 0.000000810. The van der Waals surface area contributed by atoms with E-state index in [1.807, 2.05) is 12.1 Å². The van der Waals surface area contributed by atoms with Gasteiger partial charge in [-0.25, -0.2) is 6.92 Å². The van der Waals surface area contributed by atoms with E-state index in [4.69, 9.17) is 4.74 Å². The standard InChI is InChI=1S/C7H8NO.Li/c1-6-7(9-2)4-3-5-8-6;/h3-5H,1H2,2H3;/q-1;+1. The predicted octanol–water partition coefficient (Wildman–Crippen LogP) is -1.72. The minimum Gasteiger partial charge on any atom is -0.579 e. The fraction of sp³-hybridized carbons (Fsp3) is 0.143. The van der Waals surface area contributed by atoms with Gasteiger partial charge in [0.25, 0.3) is 0 Å². The smallest absolute Gasteiger partial charge is 0.579 e. The van der Waals surface area contributed by atoms with Crippen LogP contribution in [0.15, 0.2) is 18.3 Å². The number of pyridine rings is 1. The molecule has 0 aliphatic carbocycles. The molecule has 0 atom stereocenters. The molecule has 3 heteroatoms. The molecule has 0 spiro atoms. The van der Waals surface area contributed by atoms with Crippen molar-refractivity contribution < 1.29 is 23.6 Å². The second-order valence-electron chi connectivity index (χ2n) is 1.65. The van der Waals surface area contributed by atoms with Gasteiger partial charge < -0.3 is 4.74 Å². The first-order valence-electron chi connectivity index (χ1n) is 2.65. The largest absolute Gasteiger partial charge is 1.00 e. The van der Waals surface area contributed by atoms with E-state index in [1.165, 1.54) is 0 Å². The molecule has 0 unspecified atom stereocenters. The fourth-order valence-corrected chi connectivity index (χ4v) is 0.609. The molecule has 0 bridgehead atoms. The molecule has 0 aliphatic rings. The van der Waals surface area contributed by atoms with Crippen LogP contribution in [0.2, 0.25) is 0 Å².